The molecule has 0 saturated heterocycles. The molecule has 0 amide bonds. The fraction of sp³-hybridized carbons (Fsp3) is 0.500. The maximum atomic E-state index is 11.3. The van der Waals surface area contributed by atoms with Crippen LogP contribution in [0.4, 0.5) is 0 Å². The molecular weight excluding hydrogens is 200 g/mol. The zero-order valence-electron chi connectivity index (χ0n) is 10.7. The summed E-state index contributed by atoms with van der Waals surface area (Å²) >= 11 is 0. The lowest BCUT2D eigenvalue weighted by molar-refractivity contribution is -0.169. The second-order valence-corrected chi connectivity index (χ2v) is 5.24. The van der Waals surface area contributed by atoms with Crippen LogP contribution in [0.5, 0.6) is 0 Å². The first-order valence-corrected chi connectivity index (χ1v) is 5.52. The Hall–Kier alpha value is -1.31. The molecule has 2 nitrogen and oxygen atoms in total. The minimum atomic E-state index is -0.597. The molecule has 0 heterocycles. The molecule has 0 aromatic heterocycles. The highest BCUT2D eigenvalue weighted by Crippen LogP contribution is 2.42. The molecule has 1 atom stereocenters. The van der Waals surface area contributed by atoms with Gasteiger partial charge >= 0.3 is 5.97 Å². The molecule has 0 radical (unpaired) electrons. The Morgan fingerprint density at radius 1 is 1.06 bits per heavy atom. The van der Waals surface area contributed by atoms with Gasteiger partial charge < -0.3 is 4.74 Å². The van der Waals surface area contributed by atoms with Crippen molar-refractivity contribution < 1.29 is 9.53 Å². The minimum Gasteiger partial charge on any atom is -0.454 e. The first-order valence-electron chi connectivity index (χ1n) is 5.52. The highest BCUT2D eigenvalue weighted by Gasteiger charge is 2.42. The topological polar surface area (TPSA) is 26.3 Å². The smallest absolute Gasteiger partial charge is 0.303 e. The normalized spacial score (nSPS) is 15.3. The summed E-state index contributed by atoms with van der Waals surface area (Å²) in [5, 5.41) is 0. The Balaban J connectivity index is 3.21. The third kappa shape index (κ3) is 2.43. The lowest BCUT2D eigenvalue weighted by atomic mass is 9.73. The van der Waals surface area contributed by atoms with E-state index in [0.717, 1.165) is 5.56 Å². The molecule has 88 valence electrons. The molecule has 0 bridgehead atoms. The average molecular weight is 220 g/mol. The van der Waals surface area contributed by atoms with Gasteiger partial charge in [-0.15, -0.1) is 0 Å². The Kier molecular flexibility index (Phi) is 3.41. The van der Waals surface area contributed by atoms with E-state index >= 15 is 0 Å². The third-order valence-electron chi connectivity index (χ3n) is 3.10. The van der Waals surface area contributed by atoms with E-state index in [2.05, 4.69) is 20.8 Å². The summed E-state index contributed by atoms with van der Waals surface area (Å²) in [6.45, 7) is 9.63. The molecule has 0 N–H and O–H groups in total. The summed E-state index contributed by atoms with van der Waals surface area (Å²) in [5.74, 6) is -0.249. The van der Waals surface area contributed by atoms with Gasteiger partial charge in [-0.3, -0.25) is 4.79 Å². The number of hydrogen-bond donors (Lipinski definition) is 0. The summed E-state index contributed by atoms with van der Waals surface area (Å²) < 4.78 is 5.55. The van der Waals surface area contributed by atoms with Crippen molar-refractivity contribution in [3.8, 4) is 0 Å². The van der Waals surface area contributed by atoms with Crippen molar-refractivity contribution in [2.75, 3.05) is 0 Å². The Labute approximate surface area is 97.6 Å². The van der Waals surface area contributed by atoms with E-state index in [-0.39, 0.29) is 11.4 Å². The number of benzene rings is 1. The summed E-state index contributed by atoms with van der Waals surface area (Å²) in [4.78, 5) is 11.3. The van der Waals surface area contributed by atoms with Gasteiger partial charge in [0, 0.05) is 12.3 Å². The maximum absolute atomic E-state index is 11.3. The number of esters is 1. The molecule has 0 saturated carbocycles. The third-order valence-corrected chi connectivity index (χ3v) is 3.10. The molecule has 2 heteroatoms. The SMILES string of the molecule is CC(=O)OC(C)(c1ccccc1)C(C)(C)C. The second kappa shape index (κ2) is 4.28. The van der Waals surface area contributed by atoms with Gasteiger partial charge in [-0.05, 0) is 12.5 Å². The number of hydrogen-bond acceptors (Lipinski definition) is 2. The van der Waals surface area contributed by atoms with E-state index in [1.807, 2.05) is 37.3 Å². The van der Waals surface area contributed by atoms with Crippen molar-refractivity contribution >= 4 is 5.97 Å². The first kappa shape index (κ1) is 12.8. The molecule has 1 rings (SSSR count). The van der Waals surface area contributed by atoms with Crippen LogP contribution in [0.25, 0.3) is 0 Å². The summed E-state index contributed by atoms with van der Waals surface area (Å²) in [6, 6.07) is 9.87. The molecule has 0 fully saturated rings. The number of rotatable bonds is 2. The van der Waals surface area contributed by atoms with E-state index in [9.17, 15) is 4.79 Å². The molecular formula is C14H20O2. The van der Waals surface area contributed by atoms with Crippen molar-refractivity contribution in [2.45, 2.75) is 40.2 Å². The van der Waals surface area contributed by atoms with Gasteiger partial charge in [-0.1, -0.05) is 51.1 Å². The van der Waals surface area contributed by atoms with Crippen LogP contribution in [0.2, 0.25) is 0 Å². The summed E-state index contributed by atoms with van der Waals surface area (Å²) in [7, 11) is 0. The van der Waals surface area contributed by atoms with Crippen LogP contribution in [0.1, 0.15) is 40.2 Å². The van der Waals surface area contributed by atoms with Gasteiger partial charge in [0.2, 0.25) is 0 Å². The van der Waals surface area contributed by atoms with Crippen molar-refractivity contribution in [1.82, 2.24) is 0 Å². The minimum absolute atomic E-state index is 0.153. The van der Waals surface area contributed by atoms with Gasteiger partial charge in [-0.2, -0.15) is 0 Å². The number of ether oxygens (including phenoxy) is 1. The van der Waals surface area contributed by atoms with Crippen LogP contribution in [0, 0.1) is 5.41 Å². The van der Waals surface area contributed by atoms with Crippen molar-refractivity contribution in [3.05, 3.63) is 35.9 Å². The monoisotopic (exact) mass is 220 g/mol. The first-order chi connectivity index (χ1) is 7.27. The summed E-state index contributed by atoms with van der Waals surface area (Å²) in [5.41, 5.74) is 0.276. The van der Waals surface area contributed by atoms with E-state index < -0.39 is 5.60 Å². The van der Waals surface area contributed by atoms with Crippen LogP contribution >= 0.6 is 0 Å². The molecule has 0 aliphatic heterocycles. The molecule has 16 heavy (non-hydrogen) atoms. The van der Waals surface area contributed by atoms with Crippen molar-refractivity contribution in [3.63, 3.8) is 0 Å². The standard InChI is InChI=1S/C14H20O2/c1-11(15)16-14(5,13(2,3)4)12-9-7-6-8-10-12/h6-10H,1-5H3. The predicted octanol–water partition coefficient (Wildman–Crippen LogP) is 3.51. The van der Waals surface area contributed by atoms with Gasteiger partial charge in [0.1, 0.15) is 5.60 Å². The Bertz CT molecular complexity index is 362. The van der Waals surface area contributed by atoms with Crippen LogP contribution in [-0.2, 0) is 15.1 Å². The lowest BCUT2D eigenvalue weighted by Gasteiger charge is -2.41. The van der Waals surface area contributed by atoms with E-state index in [1.54, 1.807) is 0 Å². The van der Waals surface area contributed by atoms with Crippen molar-refractivity contribution in [1.29, 1.82) is 0 Å². The van der Waals surface area contributed by atoms with Crippen LogP contribution in [0.3, 0.4) is 0 Å². The van der Waals surface area contributed by atoms with E-state index in [4.69, 9.17) is 4.74 Å². The zero-order valence-corrected chi connectivity index (χ0v) is 10.7. The van der Waals surface area contributed by atoms with Gasteiger partial charge in [0.25, 0.3) is 0 Å². The molecule has 0 spiro atoms. The van der Waals surface area contributed by atoms with Crippen LogP contribution < -0.4 is 0 Å². The van der Waals surface area contributed by atoms with E-state index in [1.165, 1.54) is 6.92 Å². The summed E-state index contributed by atoms with van der Waals surface area (Å²) in [6.07, 6.45) is 0. The quantitative estimate of drug-likeness (QED) is 0.713. The van der Waals surface area contributed by atoms with Gasteiger partial charge in [-0.25, -0.2) is 0 Å². The zero-order chi connectivity index (χ0) is 12.4. The van der Waals surface area contributed by atoms with Gasteiger partial charge in [0.05, 0.1) is 0 Å². The van der Waals surface area contributed by atoms with Crippen LogP contribution in [-0.4, -0.2) is 5.97 Å². The van der Waals surface area contributed by atoms with Gasteiger partial charge in [0.15, 0.2) is 0 Å². The highest BCUT2D eigenvalue weighted by atomic mass is 16.6. The molecule has 1 unspecified atom stereocenters. The number of carbonyl (C=O) groups is 1. The fourth-order valence-electron chi connectivity index (χ4n) is 1.69. The Morgan fingerprint density at radius 3 is 1.94 bits per heavy atom. The fourth-order valence-corrected chi connectivity index (χ4v) is 1.69. The largest absolute Gasteiger partial charge is 0.454 e. The predicted molar refractivity (Wildman–Crippen MR) is 65.0 cm³/mol. The number of carbonyl (C=O) groups excluding carboxylic acids is 1. The molecule has 1 aromatic carbocycles. The average Bonchev–Trinajstić information content (AvgIpc) is 2.16. The van der Waals surface area contributed by atoms with Crippen molar-refractivity contribution in [2.24, 2.45) is 5.41 Å². The van der Waals surface area contributed by atoms with Crippen LogP contribution in [0.15, 0.2) is 30.3 Å². The molecule has 0 aliphatic rings. The second-order valence-electron chi connectivity index (χ2n) is 5.24. The molecule has 0 aliphatic carbocycles. The maximum Gasteiger partial charge on any atom is 0.303 e. The molecule has 1 aromatic rings. The lowest BCUT2D eigenvalue weighted by Crippen LogP contribution is -2.41. The highest BCUT2D eigenvalue weighted by molar-refractivity contribution is 5.67. The Morgan fingerprint density at radius 2 is 1.56 bits per heavy atom. The van der Waals surface area contributed by atoms with E-state index in [0.29, 0.717) is 0 Å².